The van der Waals surface area contributed by atoms with Gasteiger partial charge < -0.3 is 14.4 Å². The minimum Gasteiger partial charge on any atom is -0.371 e. The summed E-state index contributed by atoms with van der Waals surface area (Å²) in [7, 11) is 2.25. The van der Waals surface area contributed by atoms with Gasteiger partial charge in [-0.2, -0.15) is 5.10 Å². The molecule has 4 rings (SSSR count). The molecule has 2 aromatic heterocycles. The van der Waals surface area contributed by atoms with Gasteiger partial charge in [-0.05, 0) is 64.1 Å². The van der Waals surface area contributed by atoms with Gasteiger partial charge in [0.05, 0.1) is 17.7 Å². The molecule has 6 nitrogen and oxygen atoms in total. The molecular weight excluding hydrogens is 348 g/mol. The smallest absolute Gasteiger partial charge is 0.0946 e. The number of likely N-dealkylation sites (N-methyl/N-ethyl adjacent to an activating group) is 1. The molecule has 28 heavy (non-hydrogen) atoms. The Labute approximate surface area is 167 Å². The van der Waals surface area contributed by atoms with Crippen LogP contribution in [0.5, 0.6) is 0 Å². The number of anilines is 1. The Balaban J connectivity index is 1.31. The average Bonchev–Trinajstić information content (AvgIpc) is 3.35. The summed E-state index contributed by atoms with van der Waals surface area (Å²) in [5.74, 6) is 0. The lowest BCUT2D eigenvalue weighted by atomic mass is 10.0. The van der Waals surface area contributed by atoms with E-state index in [-0.39, 0.29) is 0 Å². The summed E-state index contributed by atoms with van der Waals surface area (Å²) in [5, 5.41) is 4.58. The Bertz CT molecular complexity index is 872. The van der Waals surface area contributed by atoms with Crippen LogP contribution in [0.25, 0.3) is 5.69 Å². The molecule has 0 atom stereocenters. The average molecular weight is 379 g/mol. The molecule has 1 saturated heterocycles. The molecule has 0 radical (unpaired) electrons. The normalized spacial score (nSPS) is 15.5. The third-order valence-corrected chi connectivity index (χ3v) is 5.83. The maximum atomic E-state index is 4.58. The van der Waals surface area contributed by atoms with Crippen LogP contribution in [0.3, 0.4) is 0 Å². The Kier molecular flexibility index (Phi) is 5.48. The van der Waals surface area contributed by atoms with Crippen LogP contribution < -0.4 is 4.90 Å². The van der Waals surface area contributed by atoms with Crippen LogP contribution in [-0.4, -0.2) is 57.0 Å². The van der Waals surface area contributed by atoms with E-state index in [1.165, 1.54) is 24.2 Å². The van der Waals surface area contributed by atoms with Crippen LogP contribution in [0.15, 0.2) is 49.1 Å². The van der Waals surface area contributed by atoms with Crippen molar-refractivity contribution < 1.29 is 0 Å². The van der Waals surface area contributed by atoms with Gasteiger partial charge in [-0.1, -0.05) is 0 Å². The van der Waals surface area contributed by atoms with Gasteiger partial charge in [0.2, 0.25) is 0 Å². The number of nitrogens with zero attached hydrogens (tertiary/aromatic N) is 6. The van der Waals surface area contributed by atoms with Crippen molar-refractivity contribution in [1.29, 1.82) is 0 Å². The first-order valence-electron chi connectivity index (χ1n) is 10.1. The van der Waals surface area contributed by atoms with E-state index in [9.17, 15) is 0 Å². The Morgan fingerprint density at radius 2 is 1.79 bits per heavy atom. The largest absolute Gasteiger partial charge is 0.371 e. The SMILES string of the molecule is Cc1cc(C)n(-c2ccc(N3CCC(N(C)CCn4ccnc4)CC3)cc2)n1. The van der Waals surface area contributed by atoms with E-state index in [0.717, 1.165) is 37.6 Å². The molecule has 1 aliphatic rings. The van der Waals surface area contributed by atoms with Crippen molar-refractivity contribution in [1.82, 2.24) is 24.2 Å². The van der Waals surface area contributed by atoms with Gasteiger partial charge in [0.1, 0.15) is 0 Å². The van der Waals surface area contributed by atoms with E-state index < -0.39 is 0 Å². The molecule has 0 bridgehead atoms. The van der Waals surface area contributed by atoms with Crippen molar-refractivity contribution in [2.75, 3.05) is 31.6 Å². The molecular formula is C22H30N6. The summed E-state index contributed by atoms with van der Waals surface area (Å²) >= 11 is 0. The molecule has 0 spiro atoms. The van der Waals surface area contributed by atoms with Gasteiger partial charge in [-0.25, -0.2) is 9.67 Å². The van der Waals surface area contributed by atoms with Crippen LogP contribution in [0.2, 0.25) is 0 Å². The molecule has 0 unspecified atom stereocenters. The van der Waals surface area contributed by atoms with Crippen molar-refractivity contribution >= 4 is 5.69 Å². The number of hydrogen-bond acceptors (Lipinski definition) is 4. The number of hydrogen-bond donors (Lipinski definition) is 0. The molecule has 0 aliphatic carbocycles. The second-order valence-corrected chi connectivity index (χ2v) is 7.85. The van der Waals surface area contributed by atoms with Gasteiger partial charge in [0.15, 0.2) is 0 Å². The van der Waals surface area contributed by atoms with Crippen LogP contribution in [-0.2, 0) is 6.54 Å². The highest BCUT2D eigenvalue weighted by atomic mass is 15.3. The Hall–Kier alpha value is -2.60. The lowest BCUT2D eigenvalue weighted by Gasteiger charge is -2.38. The number of piperidine rings is 1. The second-order valence-electron chi connectivity index (χ2n) is 7.85. The molecule has 1 aliphatic heterocycles. The summed E-state index contributed by atoms with van der Waals surface area (Å²) in [5.41, 5.74) is 4.67. The first-order chi connectivity index (χ1) is 13.6. The minimum atomic E-state index is 0.661. The topological polar surface area (TPSA) is 42.1 Å². The van der Waals surface area contributed by atoms with Crippen LogP contribution in [0.4, 0.5) is 5.69 Å². The predicted octanol–water partition coefficient (Wildman–Crippen LogP) is 3.29. The lowest BCUT2D eigenvalue weighted by molar-refractivity contribution is 0.201. The third-order valence-electron chi connectivity index (χ3n) is 5.83. The summed E-state index contributed by atoms with van der Waals surface area (Å²) < 4.78 is 4.16. The highest BCUT2D eigenvalue weighted by molar-refractivity contribution is 5.51. The Morgan fingerprint density at radius 3 is 2.39 bits per heavy atom. The maximum absolute atomic E-state index is 4.58. The van der Waals surface area contributed by atoms with E-state index in [0.29, 0.717) is 6.04 Å². The molecule has 3 heterocycles. The minimum absolute atomic E-state index is 0.661. The van der Waals surface area contributed by atoms with E-state index in [1.807, 2.05) is 30.3 Å². The highest BCUT2D eigenvalue weighted by Gasteiger charge is 2.22. The summed E-state index contributed by atoms with van der Waals surface area (Å²) in [6.07, 6.45) is 8.19. The summed E-state index contributed by atoms with van der Waals surface area (Å²) in [4.78, 5) is 9.13. The summed E-state index contributed by atoms with van der Waals surface area (Å²) in [6, 6.07) is 11.6. The molecule has 3 aromatic rings. The van der Waals surface area contributed by atoms with Crippen molar-refractivity contribution in [3.05, 3.63) is 60.4 Å². The van der Waals surface area contributed by atoms with E-state index in [1.54, 1.807) is 0 Å². The van der Waals surface area contributed by atoms with Gasteiger partial charge in [-0.3, -0.25) is 0 Å². The third kappa shape index (κ3) is 4.12. The van der Waals surface area contributed by atoms with Gasteiger partial charge in [-0.15, -0.1) is 0 Å². The van der Waals surface area contributed by atoms with Gasteiger partial charge >= 0.3 is 0 Å². The fraction of sp³-hybridized carbons (Fsp3) is 0.455. The zero-order chi connectivity index (χ0) is 19.5. The number of benzene rings is 1. The van der Waals surface area contributed by atoms with Crippen LogP contribution in [0.1, 0.15) is 24.2 Å². The monoisotopic (exact) mass is 378 g/mol. The number of aromatic nitrogens is 4. The summed E-state index contributed by atoms with van der Waals surface area (Å²) in [6.45, 7) is 8.43. The highest BCUT2D eigenvalue weighted by Crippen LogP contribution is 2.24. The first kappa shape index (κ1) is 18.7. The lowest BCUT2D eigenvalue weighted by Crippen LogP contribution is -2.44. The van der Waals surface area contributed by atoms with Gasteiger partial charge in [0, 0.05) is 56.0 Å². The van der Waals surface area contributed by atoms with Gasteiger partial charge in [0.25, 0.3) is 0 Å². The molecule has 0 amide bonds. The van der Waals surface area contributed by atoms with Crippen molar-refractivity contribution in [2.24, 2.45) is 0 Å². The van der Waals surface area contributed by atoms with Crippen LogP contribution in [0, 0.1) is 13.8 Å². The number of imidazole rings is 1. The van der Waals surface area contributed by atoms with Crippen molar-refractivity contribution in [3.63, 3.8) is 0 Å². The Morgan fingerprint density at radius 1 is 1.07 bits per heavy atom. The van der Waals surface area contributed by atoms with Crippen LogP contribution >= 0.6 is 0 Å². The molecule has 0 saturated carbocycles. The number of aryl methyl sites for hydroxylation is 2. The second kappa shape index (κ2) is 8.19. The quantitative estimate of drug-likeness (QED) is 0.660. The van der Waals surface area contributed by atoms with E-state index in [4.69, 9.17) is 0 Å². The predicted molar refractivity (Wildman–Crippen MR) is 113 cm³/mol. The maximum Gasteiger partial charge on any atom is 0.0946 e. The fourth-order valence-electron chi connectivity index (χ4n) is 4.13. The zero-order valence-electron chi connectivity index (χ0n) is 17.1. The number of rotatable bonds is 6. The standard InChI is InChI=1S/C22H30N6/c1-18-16-19(2)28(24-18)22-6-4-21(5-7-22)27-11-8-20(9-12-27)25(3)14-15-26-13-10-23-17-26/h4-7,10,13,16-17,20H,8-9,11-12,14-15H2,1-3H3. The van der Waals surface area contributed by atoms with E-state index in [2.05, 4.69) is 68.8 Å². The fourth-order valence-corrected chi connectivity index (χ4v) is 4.13. The van der Waals surface area contributed by atoms with Crippen molar-refractivity contribution in [3.8, 4) is 5.69 Å². The molecule has 1 aromatic carbocycles. The molecule has 6 heteroatoms. The molecule has 1 fully saturated rings. The zero-order valence-corrected chi connectivity index (χ0v) is 17.1. The van der Waals surface area contributed by atoms with Crippen molar-refractivity contribution in [2.45, 2.75) is 39.3 Å². The van der Waals surface area contributed by atoms with E-state index >= 15 is 0 Å². The first-order valence-corrected chi connectivity index (χ1v) is 10.1. The molecule has 148 valence electrons. The molecule has 0 N–H and O–H groups in total.